The molecule has 1 heterocycles. The molecular weight excluding hydrogens is 313 g/mol. The minimum atomic E-state index is -0.259. The van der Waals surface area contributed by atoms with E-state index in [0.29, 0.717) is 5.17 Å². The zero-order valence-electron chi connectivity index (χ0n) is 12.4. The molecule has 0 saturated heterocycles. The van der Waals surface area contributed by atoms with Crippen LogP contribution in [0.4, 0.5) is 4.39 Å². The number of benzene rings is 2. The number of amidine groups is 1. The van der Waals surface area contributed by atoms with Gasteiger partial charge in [0, 0.05) is 17.2 Å². The van der Waals surface area contributed by atoms with E-state index in [9.17, 15) is 4.39 Å². The molecule has 0 amide bonds. The van der Waals surface area contributed by atoms with Gasteiger partial charge in [-0.05, 0) is 42.0 Å². The van der Waals surface area contributed by atoms with Gasteiger partial charge in [-0.3, -0.25) is 5.43 Å². The fourth-order valence-electron chi connectivity index (χ4n) is 1.95. The van der Waals surface area contributed by atoms with Crippen LogP contribution in [0.3, 0.4) is 0 Å². The predicted octanol–water partition coefficient (Wildman–Crippen LogP) is 3.86. The van der Waals surface area contributed by atoms with Gasteiger partial charge in [0.25, 0.3) is 0 Å². The third-order valence-corrected chi connectivity index (χ3v) is 3.89. The zero-order valence-corrected chi connectivity index (χ0v) is 13.2. The van der Waals surface area contributed by atoms with Gasteiger partial charge in [0.1, 0.15) is 11.6 Å². The van der Waals surface area contributed by atoms with Crippen molar-refractivity contribution in [1.29, 1.82) is 0 Å². The van der Waals surface area contributed by atoms with Crippen molar-refractivity contribution in [3.8, 4) is 5.75 Å². The number of thioether (sulfide) groups is 1. The molecule has 6 heteroatoms. The van der Waals surface area contributed by atoms with Crippen molar-refractivity contribution in [2.45, 2.75) is 0 Å². The lowest BCUT2D eigenvalue weighted by molar-refractivity contribution is 0.415. The first-order valence-electron chi connectivity index (χ1n) is 6.89. The molecule has 0 radical (unpaired) electrons. The lowest BCUT2D eigenvalue weighted by Gasteiger charge is -2.11. The Morgan fingerprint density at radius 3 is 2.74 bits per heavy atom. The Bertz CT molecular complexity index is 785. The number of rotatable bonds is 3. The molecule has 0 spiro atoms. The zero-order chi connectivity index (χ0) is 16.1. The first kappa shape index (κ1) is 15.3. The van der Waals surface area contributed by atoms with Gasteiger partial charge in [-0.1, -0.05) is 23.9 Å². The van der Waals surface area contributed by atoms with Crippen LogP contribution >= 0.6 is 11.8 Å². The second kappa shape index (κ2) is 7.11. The molecule has 2 aromatic rings. The van der Waals surface area contributed by atoms with Crippen LogP contribution in [-0.2, 0) is 0 Å². The molecule has 0 bridgehead atoms. The highest BCUT2D eigenvalue weighted by molar-refractivity contribution is 8.16. The number of methoxy groups -OCH3 is 1. The second-order valence-electron chi connectivity index (χ2n) is 4.70. The Kier molecular flexibility index (Phi) is 4.73. The average molecular weight is 327 g/mol. The molecule has 4 nitrogen and oxygen atoms in total. The average Bonchev–Trinajstić information content (AvgIpc) is 2.61. The first-order valence-corrected chi connectivity index (χ1v) is 7.77. The Morgan fingerprint density at radius 1 is 1.22 bits per heavy atom. The molecule has 0 aliphatic carbocycles. The SMILES string of the molecule is COc1cccc(C=NC2=NNC(c3ccc(F)cc3)=CS2)c1. The van der Waals surface area contributed by atoms with E-state index >= 15 is 0 Å². The van der Waals surface area contributed by atoms with E-state index < -0.39 is 0 Å². The van der Waals surface area contributed by atoms with Crippen LogP contribution in [0.1, 0.15) is 11.1 Å². The summed E-state index contributed by atoms with van der Waals surface area (Å²) in [6, 6.07) is 13.9. The molecule has 1 aliphatic rings. The number of hydrazone groups is 1. The summed E-state index contributed by atoms with van der Waals surface area (Å²) in [7, 11) is 1.63. The monoisotopic (exact) mass is 327 g/mol. The minimum Gasteiger partial charge on any atom is -0.497 e. The summed E-state index contributed by atoms with van der Waals surface area (Å²) in [6.07, 6.45) is 1.73. The molecule has 3 rings (SSSR count). The van der Waals surface area contributed by atoms with Gasteiger partial charge >= 0.3 is 0 Å². The van der Waals surface area contributed by atoms with E-state index in [2.05, 4.69) is 15.5 Å². The van der Waals surface area contributed by atoms with Crippen LogP contribution < -0.4 is 10.2 Å². The maximum atomic E-state index is 12.9. The molecule has 116 valence electrons. The van der Waals surface area contributed by atoms with Gasteiger partial charge < -0.3 is 4.74 Å². The van der Waals surface area contributed by atoms with Crippen LogP contribution in [0.2, 0.25) is 0 Å². The van der Waals surface area contributed by atoms with Crippen molar-refractivity contribution in [3.05, 3.63) is 70.9 Å². The number of hydrogen-bond acceptors (Lipinski definition) is 5. The molecule has 0 unspecified atom stereocenters. The van der Waals surface area contributed by atoms with Crippen LogP contribution in [-0.4, -0.2) is 18.5 Å². The molecule has 0 aromatic heterocycles. The van der Waals surface area contributed by atoms with Gasteiger partial charge in [0.05, 0.1) is 12.8 Å². The molecular formula is C17H14FN3OS. The van der Waals surface area contributed by atoms with Gasteiger partial charge in [-0.15, -0.1) is 5.10 Å². The van der Waals surface area contributed by atoms with Crippen molar-refractivity contribution in [3.63, 3.8) is 0 Å². The quantitative estimate of drug-likeness (QED) is 0.871. The van der Waals surface area contributed by atoms with Gasteiger partial charge in [-0.2, -0.15) is 0 Å². The number of halogens is 1. The molecule has 0 atom stereocenters. The number of nitrogens with one attached hydrogen (secondary N) is 1. The summed E-state index contributed by atoms with van der Waals surface area (Å²) in [5.41, 5.74) is 5.55. The molecule has 1 N–H and O–H groups in total. The third-order valence-electron chi connectivity index (χ3n) is 3.13. The third kappa shape index (κ3) is 3.98. The molecule has 23 heavy (non-hydrogen) atoms. The largest absolute Gasteiger partial charge is 0.497 e. The van der Waals surface area contributed by atoms with Crippen LogP contribution in [0.25, 0.3) is 5.70 Å². The second-order valence-corrected chi connectivity index (χ2v) is 5.53. The molecule has 1 aliphatic heterocycles. The van der Waals surface area contributed by atoms with Crippen molar-refractivity contribution < 1.29 is 9.13 Å². The maximum Gasteiger partial charge on any atom is 0.210 e. The molecule has 0 saturated carbocycles. The normalized spacial score (nSPS) is 14.2. The smallest absolute Gasteiger partial charge is 0.210 e. The molecule has 2 aromatic carbocycles. The Hall–Kier alpha value is -2.60. The van der Waals surface area contributed by atoms with E-state index in [4.69, 9.17) is 4.74 Å². The lowest BCUT2D eigenvalue weighted by Crippen LogP contribution is -2.10. The van der Waals surface area contributed by atoms with E-state index in [1.807, 2.05) is 29.7 Å². The number of hydrogen-bond donors (Lipinski definition) is 1. The fraction of sp³-hybridized carbons (Fsp3) is 0.0588. The predicted molar refractivity (Wildman–Crippen MR) is 93.1 cm³/mol. The Labute approximate surface area is 137 Å². The number of ether oxygens (including phenoxy) is 1. The minimum absolute atomic E-state index is 0.259. The van der Waals surface area contributed by atoms with E-state index in [1.54, 1.807) is 25.5 Å². The highest BCUT2D eigenvalue weighted by Gasteiger charge is 2.08. The van der Waals surface area contributed by atoms with Gasteiger partial charge in [0.15, 0.2) is 0 Å². The summed E-state index contributed by atoms with van der Waals surface area (Å²) >= 11 is 1.40. The lowest BCUT2D eigenvalue weighted by atomic mass is 10.2. The van der Waals surface area contributed by atoms with Gasteiger partial charge in [0.2, 0.25) is 5.17 Å². The van der Waals surface area contributed by atoms with E-state index in [0.717, 1.165) is 22.6 Å². The first-order chi connectivity index (χ1) is 11.2. The number of aliphatic imine (C=N–C) groups is 1. The summed E-state index contributed by atoms with van der Waals surface area (Å²) in [4.78, 5) is 4.34. The summed E-state index contributed by atoms with van der Waals surface area (Å²) in [6.45, 7) is 0. The Balaban J connectivity index is 1.66. The maximum absolute atomic E-state index is 12.9. The van der Waals surface area contributed by atoms with Crippen LogP contribution in [0.15, 0.2) is 64.0 Å². The van der Waals surface area contributed by atoms with E-state index in [1.165, 1.54) is 23.9 Å². The van der Waals surface area contributed by atoms with Crippen molar-refractivity contribution >= 4 is 28.8 Å². The highest BCUT2D eigenvalue weighted by Crippen LogP contribution is 2.22. The van der Waals surface area contributed by atoms with Crippen molar-refractivity contribution in [2.75, 3.05) is 7.11 Å². The summed E-state index contributed by atoms with van der Waals surface area (Å²) in [5.74, 6) is 0.522. The summed E-state index contributed by atoms with van der Waals surface area (Å²) < 4.78 is 18.1. The van der Waals surface area contributed by atoms with Gasteiger partial charge in [-0.25, -0.2) is 9.38 Å². The topological polar surface area (TPSA) is 46.0 Å². The van der Waals surface area contributed by atoms with E-state index in [-0.39, 0.29) is 5.82 Å². The standard InChI is InChI=1S/C17H14FN3OS/c1-22-15-4-2-3-12(9-15)10-19-17-21-20-16(11-23-17)13-5-7-14(18)8-6-13/h2-11,20H,1H3. The fourth-order valence-corrected chi connectivity index (χ4v) is 2.57. The van der Waals surface area contributed by atoms with Crippen LogP contribution in [0, 0.1) is 5.82 Å². The Morgan fingerprint density at radius 2 is 2.04 bits per heavy atom. The molecule has 0 fully saturated rings. The van der Waals surface area contributed by atoms with Crippen molar-refractivity contribution in [1.82, 2.24) is 5.43 Å². The highest BCUT2D eigenvalue weighted by atomic mass is 32.2. The summed E-state index contributed by atoms with van der Waals surface area (Å²) in [5, 5.41) is 6.70. The van der Waals surface area contributed by atoms with Crippen molar-refractivity contribution in [2.24, 2.45) is 10.1 Å². The van der Waals surface area contributed by atoms with Crippen LogP contribution in [0.5, 0.6) is 5.75 Å². The number of nitrogens with zero attached hydrogens (tertiary/aromatic N) is 2.